The molecule has 180 valence electrons. The largest absolute Gasteiger partial charge is 0.336 e. The van der Waals surface area contributed by atoms with E-state index in [0.29, 0.717) is 49.0 Å². The molecule has 1 aliphatic heterocycles. The van der Waals surface area contributed by atoms with Gasteiger partial charge in [-0.15, -0.1) is 0 Å². The zero-order valence-corrected chi connectivity index (χ0v) is 21.0. The lowest BCUT2D eigenvalue weighted by Crippen LogP contribution is -2.56. The highest BCUT2D eigenvalue weighted by molar-refractivity contribution is 9.10. The number of carbonyl (C=O) groups excluding carboxylic acids is 3. The fourth-order valence-corrected chi connectivity index (χ4v) is 5.41. The van der Waals surface area contributed by atoms with Crippen molar-refractivity contribution in [2.75, 3.05) is 36.8 Å². The van der Waals surface area contributed by atoms with Crippen molar-refractivity contribution in [3.8, 4) is 0 Å². The summed E-state index contributed by atoms with van der Waals surface area (Å²) in [5.41, 5.74) is 2.09. The number of hydrogen-bond acceptors (Lipinski definition) is 4. The minimum atomic E-state index is -0.208. The first-order chi connectivity index (χ1) is 16.4. The highest BCUT2D eigenvalue weighted by atomic mass is 79.9. The molecule has 1 atom stereocenters. The molecule has 1 aliphatic carbocycles. The van der Waals surface area contributed by atoms with Crippen molar-refractivity contribution >= 4 is 45.0 Å². The van der Waals surface area contributed by atoms with Crippen LogP contribution in [0.25, 0.3) is 0 Å². The van der Waals surface area contributed by atoms with E-state index in [2.05, 4.69) is 31.5 Å². The van der Waals surface area contributed by atoms with Crippen molar-refractivity contribution in [2.45, 2.75) is 38.6 Å². The van der Waals surface area contributed by atoms with E-state index in [-0.39, 0.29) is 23.8 Å². The molecule has 0 spiro atoms. The van der Waals surface area contributed by atoms with Gasteiger partial charge >= 0.3 is 0 Å². The third-order valence-corrected chi connectivity index (χ3v) is 7.15. The highest BCUT2D eigenvalue weighted by Gasteiger charge is 2.37. The normalized spacial score (nSPS) is 17.9. The van der Waals surface area contributed by atoms with Crippen molar-refractivity contribution in [3.63, 3.8) is 0 Å². The average molecular weight is 527 g/mol. The lowest BCUT2D eigenvalue weighted by atomic mass is 9.94. The first-order valence-corrected chi connectivity index (χ1v) is 12.7. The van der Waals surface area contributed by atoms with Gasteiger partial charge in [-0.25, -0.2) is 0 Å². The number of rotatable bonds is 6. The van der Waals surface area contributed by atoms with Crippen LogP contribution in [-0.4, -0.2) is 59.7 Å². The maximum absolute atomic E-state index is 13.4. The van der Waals surface area contributed by atoms with Crippen LogP contribution < -0.4 is 10.6 Å². The summed E-state index contributed by atoms with van der Waals surface area (Å²) in [4.78, 5) is 41.7. The van der Waals surface area contributed by atoms with E-state index >= 15 is 0 Å². The molecule has 2 N–H and O–H groups in total. The summed E-state index contributed by atoms with van der Waals surface area (Å²) in [5.74, 6) is 0.231. The van der Waals surface area contributed by atoms with Gasteiger partial charge in [0.15, 0.2) is 0 Å². The summed E-state index contributed by atoms with van der Waals surface area (Å²) in [7, 11) is 0. The minimum Gasteiger partial charge on any atom is -0.336 e. The molecule has 2 aromatic rings. The van der Waals surface area contributed by atoms with Gasteiger partial charge in [-0.05, 0) is 61.2 Å². The van der Waals surface area contributed by atoms with Crippen LogP contribution in [0, 0.1) is 5.92 Å². The molecule has 0 unspecified atom stereocenters. The Bertz CT molecular complexity index is 1030. The number of piperazine rings is 1. The predicted molar refractivity (Wildman–Crippen MR) is 137 cm³/mol. The quantitative estimate of drug-likeness (QED) is 0.585. The van der Waals surface area contributed by atoms with Gasteiger partial charge in [-0.2, -0.15) is 0 Å². The topological polar surface area (TPSA) is 81.8 Å². The SMILES string of the molecule is CC(=O)Nc1ccc(NC(=O)[C@H](C2CCCC2)N2CCN(C(=O)c3cccc(Br)c3)CC2)cc1. The summed E-state index contributed by atoms with van der Waals surface area (Å²) in [6.07, 6.45) is 4.41. The van der Waals surface area contributed by atoms with Gasteiger partial charge in [0.2, 0.25) is 11.8 Å². The van der Waals surface area contributed by atoms with Crippen LogP contribution in [0.3, 0.4) is 0 Å². The molecular weight excluding hydrogens is 496 g/mol. The molecule has 1 heterocycles. The van der Waals surface area contributed by atoms with E-state index < -0.39 is 0 Å². The molecule has 2 fully saturated rings. The Kier molecular flexibility index (Phi) is 8.00. The molecule has 3 amide bonds. The van der Waals surface area contributed by atoms with Crippen LogP contribution in [0.2, 0.25) is 0 Å². The van der Waals surface area contributed by atoms with E-state index in [4.69, 9.17) is 0 Å². The Hall–Kier alpha value is -2.71. The Morgan fingerprint density at radius 2 is 1.53 bits per heavy atom. The molecule has 2 aromatic carbocycles. The summed E-state index contributed by atoms with van der Waals surface area (Å²) >= 11 is 3.44. The molecule has 4 rings (SSSR count). The molecule has 34 heavy (non-hydrogen) atoms. The monoisotopic (exact) mass is 526 g/mol. The van der Waals surface area contributed by atoms with E-state index in [0.717, 1.165) is 30.2 Å². The maximum Gasteiger partial charge on any atom is 0.253 e. The molecular formula is C26H31BrN4O3. The minimum absolute atomic E-state index is 0.00550. The highest BCUT2D eigenvalue weighted by Crippen LogP contribution is 2.32. The third-order valence-electron chi connectivity index (χ3n) is 6.65. The first-order valence-electron chi connectivity index (χ1n) is 11.9. The fraction of sp³-hybridized carbons (Fsp3) is 0.423. The Morgan fingerprint density at radius 3 is 2.12 bits per heavy atom. The van der Waals surface area contributed by atoms with Crippen LogP contribution >= 0.6 is 15.9 Å². The van der Waals surface area contributed by atoms with Gasteiger partial charge in [-0.3, -0.25) is 19.3 Å². The maximum atomic E-state index is 13.4. The zero-order valence-electron chi connectivity index (χ0n) is 19.4. The summed E-state index contributed by atoms with van der Waals surface area (Å²) in [6, 6.07) is 14.4. The van der Waals surface area contributed by atoms with Crippen molar-refractivity contribution < 1.29 is 14.4 Å². The van der Waals surface area contributed by atoms with Crippen LogP contribution in [-0.2, 0) is 9.59 Å². The summed E-state index contributed by atoms with van der Waals surface area (Å²) in [6.45, 7) is 4.03. The predicted octanol–water partition coefficient (Wildman–Crippen LogP) is 4.36. The van der Waals surface area contributed by atoms with Gasteiger partial charge in [-0.1, -0.05) is 34.8 Å². The number of benzene rings is 2. The number of nitrogens with one attached hydrogen (secondary N) is 2. The molecule has 1 saturated heterocycles. The van der Waals surface area contributed by atoms with E-state index in [1.165, 1.54) is 6.92 Å². The molecule has 7 nitrogen and oxygen atoms in total. The second-order valence-corrected chi connectivity index (χ2v) is 9.99. The van der Waals surface area contributed by atoms with Crippen molar-refractivity contribution in [2.24, 2.45) is 5.92 Å². The van der Waals surface area contributed by atoms with Crippen molar-refractivity contribution in [3.05, 3.63) is 58.6 Å². The van der Waals surface area contributed by atoms with Gasteiger partial charge in [0, 0.05) is 54.5 Å². The smallest absolute Gasteiger partial charge is 0.253 e. The first kappa shape index (κ1) is 24.4. The van der Waals surface area contributed by atoms with Crippen molar-refractivity contribution in [1.82, 2.24) is 9.80 Å². The van der Waals surface area contributed by atoms with Crippen LogP contribution in [0.5, 0.6) is 0 Å². The summed E-state index contributed by atoms with van der Waals surface area (Å²) in [5, 5.41) is 5.82. The Morgan fingerprint density at radius 1 is 0.912 bits per heavy atom. The number of carbonyl (C=O) groups is 3. The standard InChI is InChI=1S/C26H31BrN4O3/c1-18(32)28-22-9-11-23(12-10-22)29-25(33)24(19-5-2-3-6-19)30-13-15-31(16-14-30)26(34)20-7-4-8-21(27)17-20/h4,7-12,17,19,24H,2-3,5-6,13-16H2,1H3,(H,28,32)(H,29,33)/t24-/m0/s1. The number of hydrogen-bond donors (Lipinski definition) is 2. The zero-order chi connectivity index (χ0) is 24.1. The fourth-order valence-electron chi connectivity index (χ4n) is 5.01. The van der Waals surface area contributed by atoms with Crippen LogP contribution in [0.15, 0.2) is 53.0 Å². The van der Waals surface area contributed by atoms with Gasteiger partial charge in [0.25, 0.3) is 5.91 Å². The van der Waals surface area contributed by atoms with Crippen molar-refractivity contribution in [1.29, 1.82) is 0 Å². The second kappa shape index (κ2) is 11.1. The number of anilines is 2. The van der Waals surface area contributed by atoms with Gasteiger partial charge in [0.1, 0.15) is 0 Å². The third kappa shape index (κ3) is 6.04. The van der Waals surface area contributed by atoms with Gasteiger partial charge < -0.3 is 15.5 Å². The Labute approximate surface area is 209 Å². The van der Waals surface area contributed by atoms with E-state index in [9.17, 15) is 14.4 Å². The lowest BCUT2D eigenvalue weighted by Gasteiger charge is -2.40. The molecule has 0 aromatic heterocycles. The molecule has 8 heteroatoms. The number of amides is 3. The molecule has 0 radical (unpaired) electrons. The van der Waals surface area contributed by atoms with Crippen LogP contribution in [0.4, 0.5) is 11.4 Å². The Balaban J connectivity index is 1.41. The summed E-state index contributed by atoms with van der Waals surface area (Å²) < 4.78 is 0.889. The molecule has 0 bridgehead atoms. The molecule has 1 saturated carbocycles. The average Bonchev–Trinajstić information content (AvgIpc) is 3.34. The van der Waals surface area contributed by atoms with Crippen LogP contribution in [0.1, 0.15) is 43.0 Å². The second-order valence-electron chi connectivity index (χ2n) is 9.08. The lowest BCUT2D eigenvalue weighted by molar-refractivity contribution is -0.124. The molecule has 2 aliphatic rings. The number of halogens is 1. The van der Waals surface area contributed by atoms with E-state index in [1.54, 1.807) is 12.1 Å². The van der Waals surface area contributed by atoms with E-state index in [1.807, 2.05) is 41.3 Å². The van der Waals surface area contributed by atoms with Gasteiger partial charge in [0.05, 0.1) is 6.04 Å². The number of nitrogens with zero attached hydrogens (tertiary/aromatic N) is 2.